The number of hydrogen-bond donors (Lipinski definition) is 2. The Morgan fingerprint density at radius 1 is 1.16 bits per heavy atom. The number of nitrogens with zero attached hydrogens (tertiary/aromatic N) is 1. The van der Waals surface area contributed by atoms with E-state index in [-0.39, 0.29) is 6.04 Å². The average Bonchev–Trinajstić information content (AvgIpc) is 2.41. The van der Waals surface area contributed by atoms with E-state index in [4.69, 9.17) is 5.84 Å². The van der Waals surface area contributed by atoms with Gasteiger partial charge in [0.1, 0.15) is 0 Å². The van der Waals surface area contributed by atoms with E-state index in [0.29, 0.717) is 0 Å². The van der Waals surface area contributed by atoms with E-state index in [1.54, 1.807) is 0 Å². The van der Waals surface area contributed by atoms with E-state index < -0.39 is 0 Å². The summed E-state index contributed by atoms with van der Waals surface area (Å²) in [5, 5.41) is 0. The topological polar surface area (TPSA) is 50.9 Å². The molecule has 3 N–H and O–H groups in total. The van der Waals surface area contributed by atoms with Crippen LogP contribution in [0.5, 0.6) is 0 Å². The van der Waals surface area contributed by atoms with Gasteiger partial charge in [-0.1, -0.05) is 29.8 Å². The maximum absolute atomic E-state index is 5.72. The summed E-state index contributed by atoms with van der Waals surface area (Å²) in [6.45, 7) is 6.31. The number of benzene rings is 1. The van der Waals surface area contributed by atoms with Crippen LogP contribution in [0.1, 0.15) is 34.0 Å². The standard InChI is InChI=1S/C16H21N3/c1-11-6-7-12(2)14(9-11)10-15(19-17)16-13(3)5-4-8-18-16/h4-9,15,19H,10,17H2,1-3H3. The summed E-state index contributed by atoms with van der Waals surface area (Å²) in [6.07, 6.45) is 2.66. The fourth-order valence-corrected chi connectivity index (χ4v) is 2.34. The van der Waals surface area contributed by atoms with Gasteiger partial charge in [-0.25, -0.2) is 0 Å². The molecule has 2 aromatic rings. The molecule has 0 radical (unpaired) electrons. The molecular weight excluding hydrogens is 234 g/mol. The maximum atomic E-state index is 5.72. The molecule has 0 aliphatic heterocycles. The molecule has 0 spiro atoms. The molecule has 0 saturated carbocycles. The van der Waals surface area contributed by atoms with E-state index in [1.807, 2.05) is 12.3 Å². The van der Waals surface area contributed by atoms with Crippen LogP contribution in [-0.4, -0.2) is 4.98 Å². The van der Waals surface area contributed by atoms with E-state index >= 15 is 0 Å². The van der Waals surface area contributed by atoms with E-state index in [9.17, 15) is 0 Å². The lowest BCUT2D eigenvalue weighted by atomic mass is 9.96. The van der Waals surface area contributed by atoms with Crippen LogP contribution >= 0.6 is 0 Å². The van der Waals surface area contributed by atoms with Crippen LogP contribution in [0.2, 0.25) is 0 Å². The molecule has 1 unspecified atom stereocenters. The third-order valence-corrected chi connectivity index (χ3v) is 3.51. The Bertz CT molecular complexity index is 564. The summed E-state index contributed by atoms with van der Waals surface area (Å²) in [5.41, 5.74) is 8.95. The number of pyridine rings is 1. The predicted octanol–water partition coefficient (Wildman–Crippen LogP) is 2.75. The van der Waals surface area contributed by atoms with Gasteiger partial charge in [0.25, 0.3) is 0 Å². The van der Waals surface area contributed by atoms with Gasteiger partial charge < -0.3 is 0 Å². The lowest BCUT2D eigenvalue weighted by Gasteiger charge is -2.18. The highest BCUT2D eigenvalue weighted by atomic mass is 15.2. The second-order valence-electron chi connectivity index (χ2n) is 5.06. The molecule has 0 aliphatic carbocycles. The minimum atomic E-state index is 0.0432. The Balaban J connectivity index is 2.29. The zero-order valence-corrected chi connectivity index (χ0v) is 11.8. The number of aromatic nitrogens is 1. The predicted molar refractivity (Wildman–Crippen MR) is 78.7 cm³/mol. The molecular formula is C16H21N3. The summed E-state index contributed by atoms with van der Waals surface area (Å²) in [5.74, 6) is 5.72. The van der Waals surface area contributed by atoms with Gasteiger partial charge in [0.15, 0.2) is 0 Å². The van der Waals surface area contributed by atoms with Gasteiger partial charge in [0.05, 0.1) is 11.7 Å². The number of aryl methyl sites for hydroxylation is 3. The van der Waals surface area contributed by atoms with Gasteiger partial charge in [-0.15, -0.1) is 0 Å². The normalized spacial score (nSPS) is 12.4. The van der Waals surface area contributed by atoms with Gasteiger partial charge in [-0.3, -0.25) is 16.3 Å². The molecule has 19 heavy (non-hydrogen) atoms. The van der Waals surface area contributed by atoms with Crippen molar-refractivity contribution in [2.45, 2.75) is 33.2 Å². The minimum Gasteiger partial charge on any atom is -0.271 e. The smallest absolute Gasteiger partial charge is 0.0675 e. The molecule has 1 aromatic heterocycles. The number of nitrogens with one attached hydrogen (secondary N) is 1. The molecule has 0 bridgehead atoms. The zero-order valence-electron chi connectivity index (χ0n) is 11.8. The second-order valence-corrected chi connectivity index (χ2v) is 5.06. The van der Waals surface area contributed by atoms with Crippen molar-refractivity contribution >= 4 is 0 Å². The first kappa shape index (κ1) is 13.7. The van der Waals surface area contributed by atoms with Gasteiger partial charge in [0, 0.05) is 6.20 Å². The highest BCUT2D eigenvalue weighted by Crippen LogP contribution is 2.21. The second kappa shape index (κ2) is 5.95. The zero-order chi connectivity index (χ0) is 13.8. The van der Waals surface area contributed by atoms with E-state index in [2.05, 4.69) is 55.4 Å². The Morgan fingerprint density at radius 2 is 1.95 bits per heavy atom. The molecule has 1 heterocycles. The van der Waals surface area contributed by atoms with E-state index in [1.165, 1.54) is 16.7 Å². The molecule has 100 valence electrons. The first-order chi connectivity index (χ1) is 9.11. The van der Waals surface area contributed by atoms with Crippen molar-refractivity contribution in [2.75, 3.05) is 0 Å². The van der Waals surface area contributed by atoms with Crippen molar-refractivity contribution in [3.63, 3.8) is 0 Å². The molecule has 0 fully saturated rings. The summed E-state index contributed by atoms with van der Waals surface area (Å²) in [6, 6.07) is 10.6. The summed E-state index contributed by atoms with van der Waals surface area (Å²) in [7, 11) is 0. The lowest BCUT2D eigenvalue weighted by molar-refractivity contribution is 0.534. The summed E-state index contributed by atoms with van der Waals surface area (Å²) in [4.78, 5) is 4.46. The van der Waals surface area contributed by atoms with Crippen LogP contribution in [0.3, 0.4) is 0 Å². The number of hydrazine groups is 1. The van der Waals surface area contributed by atoms with Crippen LogP contribution in [0, 0.1) is 20.8 Å². The van der Waals surface area contributed by atoms with Gasteiger partial charge in [-0.2, -0.15) is 0 Å². The average molecular weight is 255 g/mol. The summed E-state index contributed by atoms with van der Waals surface area (Å²) >= 11 is 0. The van der Waals surface area contributed by atoms with Crippen molar-refractivity contribution in [1.29, 1.82) is 0 Å². The quantitative estimate of drug-likeness (QED) is 0.652. The van der Waals surface area contributed by atoms with Crippen molar-refractivity contribution in [1.82, 2.24) is 10.4 Å². The molecule has 1 atom stereocenters. The maximum Gasteiger partial charge on any atom is 0.0675 e. The first-order valence-corrected chi connectivity index (χ1v) is 6.55. The molecule has 1 aromatic carbocycles. The van der Waals surface area contributed by atoms with Gasteiger partial charge >= 0.3 is 0 Å². The molecule has 0 saturated heterocycles. The molecule has 2 rings (SSSR count). The molecule has 3 nitrogen and oxygen atoms in total. The fraction of sp³-hybridized carbons (Fsp3) is 0.312. The highest BCUT2D eigenvalue weighted by molar-refractivity contribution is 5.32. The first-order valence-electron chi connectivity index (χ1n) is 6.55. The van der Waals surface area contributed by atoms with Crippen LogP contribution in [-0.2, 0) is 6.42 Å². The van der Waals surface area contributed by atoms with Crippen molar-refractivity contribution in [3.05, 3.63) is 64.5 Å². The lowest BCUT2D eigenvalue weighted by Crippen LogP contribution is -2.31. The number of hydrogen-bond acceptors (Lipinski definition) is 3. The Kier molecular flexibility index (Phi) is 4.30. The fourth-order valence-electron chi connectivity index (χ4n) is 2.34. The van der Waals surface area contributed by atoms with Gasteiger partial charge in [-0.05, 0) is 49.9 Å². The highest BCUT2D eigenvalue weighted by Gasteiger charge is 2.15. The van der Waals surface area contributed by atoms with Crippen LogP contribution in [0.15, 0.2) is 36.5 Å². The molecule has 3 heteroatoms. The third kappa shape index (κ3) is 3.19. The third-order valence-electron chi connectivity index (χ3n) is 3.51. The monoisotopic (exact) mass is 255 g/mol. The van der Waals surface area contributed by atoms with Crippen molar-refractivity contribution in [2.24, 2.45) is 5.84 Å². The summed E-state index contributed by atoms with van der Waals surface area (Å²) < 4.78 is 0. The Hall–Kier alpha value is -1.71. The van der Waals surface area contributed by atoms with E-state index in [0.717, 1.165) is 17.7 Å². The molecule has 0 amide bonds. The Labute approximate surface area is 114 Å². The van der Waals surface area contributed by atoms with Crippen LogP contribution < -0.4 is 11.3 Å². The van der Waals surface area contributed by atoms with Crippen LogP contribution in [0.4, 0.5) is 0 Å². The van der Waals surface area contributed by atoms with Crippen molar-refractivity contribution < 1.29 is 0 Å². The van der Waals surface area contributed by atoms with Crippen LogP contribution in [0.25, 0.3) is 0 Å². The minimum absolute atomic E-state index is 0.0432. The van der Waals surface area contributed by atoms with Gasteiger partial charge in [0.2, 0.25) is 0 Å². The SMILES string of the molecule is Cc1ccc(C)c(CC(NN)c2ncccc2C)c1. The number of rotatable bonds is 4. The van der Waals surface area contributed by atoms with Crippen molar-refractivity contribution in [3.8, 4) is 0 Å². The largest absolute Gasteiger partial charge is 0.271 e. The Morgan fingerprint density at radius 3 is 2.63 bits per heavy atom. The number of nitrogens with two attached hydrogens (primary N) is 1. The molecule has 0 aliphatic rings.